The zero-order valence-corrected chi connectivity index (χ0v) is 23.5. The second-order valence-electron chi connectivity index (χ2n) is 8.54. The second kappa shape index (κ2) is 15.2. The topological polar surface area (TPSA) is 80.3 Å². The number of hydrogen-bond donors (Lipinski definition) is 1. The highest BCUT2D eigenvalue weighted by atomic mass is 35.5. The Morgan fingerprint density at radius 2 is 1.71 bits per heavy atom. The summed E-state index contributed by atoms with van der Waals surface area (Å²) in [6.45, 7) is 1.75. The lowest BCUT2D eigenvalue weighted by atomic mass is 10.1. The molecule has 0 saturated carbocycles. The molecule has 0 saturated heterocycles. The molecule has 10 heteroatoms. The van der Waals surface area contributed by atoms with Crippen molar-refractivity contribution in [2.75, 3.05) is 52.9 Å². The molecule has 0 radical (unpaired) electrons. The number of carbonyl (C=O) groups excluding carboxylic acids is 2. The number of anilines is 1. The van der Waals surface area contributed by atoms with E-state index in [2.05, 4.69) is 5.32 Å². The molecule has 0 aliphatic carbocycles. The zero-order chi connectivity index (χ0) is 27.3. The number of urea groups is 1. The first-order valence-corrected chi connectivity index (χ1v) is 13.5. The van der Waals surface area contributed by atoms with Crippen molar-refractivity contribution in [3.63, 3.8) is 0 Å². The fourth-order valence-electron chi connectivity index (χ4n) is 3.83. The van der Waals surface area contributed by atoms with Crippen LogP contribution in [0.25, 0.3) is 0 Å². The minimum Gasteiger partial charge on any atom is -0.493 e. The third kappa shape index (κ3) is 8.93. The van der Waals surface area contributed by atoms with E-state index in [0.717, 1.165) is 10.4 Å². The molecular formula is C28H34ClN3O5S. The Balaban J connectivity index is 1.73. The Kier molecular flexibility index (Phi) is 11.7. The number of ether oxygens (including phenoxy) is 3. The van der Waals surface area contributed by atoms with E-state index < -0.39 is 0 Å². The van der Waals surface area contributed by atoms with Crippen LogP contribution in [0.3, 0.4) is 0 Å². The lowest BCUT2D eigenvalue weighted by molar-refractivity contribution is -0.132. The van der Waals surface area contributed by atoms with Crippen LogP contribution < -0.4 is 14.8 Å². The van der Waals surface area contributed by atoms with Crippen molar-refractivity contribution in [1.82, 2.24) is 9.80 Å². The number of halogens is 1. The lowest BCUT2D eigenvalue weighted by Crippen LogP contribution is -2.45. The highest BCUT2D eigenvalue weighted by molar-refractivity contribution is 7.09. The monoisotopic (exact) mass is 559 g/mol. The third-order valence-electron chi connectivity index (χ3n) is 5.88. The fourth-order valence-corrected chi connectivity index (χ4v) is 4.68. The van der Waals surface area contributed by atoms with Gasteiger partial charge in [0, 0.05) is 42.4 Å². The molecule has 3 amide bonds. The van der Waals surface area contributed by atoms with Gasteiger partial charge in [0.15, 0.2) is 11.5 Å². The third-order valence-corrected chi connectivity index (χ3v) is 7.00. The van der Waals surface area contributed by atoms with Crippen molar-refractivity contribution in [2.24, 2.45) is 0 Å². The molecule has 0 aliphatic rings. The van der Waals surface area contributed by atoms with E-state index in [-0.39, 0.29) is 18.5 Å². The van der Waals surface area contributed by atoms with Crippen LogP contribution in [0.4, 0.5) is 10.5 Å². The Labute approximate surface area is 233 Å². The van der Waals surface area contributed by atoms with Crippen LogP contribution in [0.1, 0.15) is 16.9 Å². The van der Waals surface area contributed by atoms with Crippen LogP contribution in [-0.2, 0) is 22.5 Å². The summed E-state index contributed by atoms with van der Waals surface area (Å²) in [6, 6.07) is 16.2. The molecule has 0 spiro atoms. The summed E-state index contributed by atoms with van der Waals surface area (Å²) in [7, 11) is 4.81. The van der Waals surface area contributed by atoms with Crippen LogP contribution in [-0.4, -0.2) is 69.3 Å². The number of nitrogens with one attached hydrogen (secondary N) is 1. The normalized spacial score (nSPS) is 10.6. The number of amides is 3. The second-order valence-corrected chi connectivity index (χ2v) is 10.0. The average molecular weight is 560 g/mol. The highest BCUT2D eigenvalue weighted by Crippen LogP contribution is 2.28. The van der Waals surface area contributed by atoms with Crippen molar-refractivity contribution in [1.29, 1.82) is 0 Å². The fraction of sp³-hybridized carbons (Fsp3) is 0.357. The molecule has 204 valence electrons. The maximum absolute atomic E-state index is 13.6. The maximum Gasteiger partial charge on any atom is 0.322 e. The van der Waals surface area contributed by atoms with Crippen LogP contribution in [0.5, 0.6) is 11.5 Å². The van der Waals surface area contributed by atoms with Crippen molar-refractivity contribution < 1.29 is 23.8 Å². The van der Waals surface area contributed by atoms with Gasteiger partial charge < -0.3 is 29.3 Å². The summed E-state index contributed by atoms with van der Waals surface area (Å²) >= 11 is 7.56. The van der Waals surface area contributed by atoms with Gasteiger partial charge in [-0.3, -0.25) is 4.79 Å². The van der Waals surface area contributed by atoms with Crippen LogP contribution in [0, 0.1) is 0 Å². The molecule has 0 bridgehead atoms. The van der Waals surface area contributed by atoms with Gasteiger partial charge in [-0.2, -0.15) is 0 Å². The molecule has 0 atom stereocenters. The van der Waals surface area contributed by atoms with Crippen LogP contribution in [0.2, 0.25) is 5.02 Å². The largest absolute Gasteiger partial charge is 0.493 e. The van der Waals surface area contributed by atoms with Crippen molar-refractivity contribution in [3.05, 3.63) is 75.4 Å². The minimum atomic E-state index is -0.354. The number of carbonyl (C=O) groups is 2. The quantitative estimate of drug-likeness (QED) is 0.262. The summed E-state index contributed by atoms with van der Waals surface area (Å²) in [5.74, 6) is 1.16. The molecule has 8 nitrogen and oxygen atoms in total. The van der Waals surface area contributed by atoms with Crippen LogP contribution in [0.15, 0.2) is 60.0 Å². The van der Waals surface area contributed by atoms with Gasteiger partial charge in [0.2, 0.25) is 5.91 Å². The van der Waals surface area contributed by atoms with Gasteiger partial charge in [0.05, 0.1) is 20.8 Å². The van der Waals surface area contributed by atoms with Gasteiger partial charge >= 0.3 is 6.03 Å². The Hall–Kier alpha value is -3.27. The standard InChI is InChI=1S/C28H34ClN3O5S/c1-35-16-5-14-32(28(34)30-23-10-8-22(29)9-11-23)20-27(33)31(19-24-6-4-17-38-24)15-13-21-7-12-25(36-2)26(18-21)37-3/h4,6-12,17-18H,5,13-16,19-20H2,1-3H3,(H,30,34). The lowest BCUT2D eigenvalue weighted by Gasteiger charge is -2.28. The van der Waals surface area contributed by atoms with E-state index in [0.29, 0.717) is 61.3 Å². The number of hydrogen-bond acceptors (Lipinski definition) is 6. The Morgan fingerprint density at radius 3 is 2.37 bits per heavy atom. The first kappa shape index (κ1) is 29.3. The van der Waals surface area contributed by atoms with Gasteiger partial charge in [0.1, 0.15) is 6.54 Å². The molecule has 1 aromatic heterocycles. The number of thiophene rings is 1. The van der Waals surface area contributed by atoms with Crippen LogP contribution >= 0.6 is 22.9 Å². The Morgan fingerprint density at radius 1 is 0.947 bits per heavy atom. The smallest absolute Gasteiger partial charge is 0.322 e. The van der Waals surface area contributed by atoms with Crippen molar-refractivity contribution in [3.8, 4) is 11.5 Å². The van der Waals surface area contributed by atoms with E-state index in [9.17, 15) is 9.59 Å². The summed E-state index contributed by atoms with van der Waals surface area (Å²) in [5.41, 5.74) is 1.62. The number of rotatable bonds is 14. The van der Waals surface area contributed by atoms with Gasteiger partial charge in [-0.1, -0.05) is 23.7 Å². The van der Waals surface area contributed by atoms with E-state index >= 15 is 0 Å². The number of methoxy groups -OCH3 is 3. The number of benzene rings is 2. The van der Waals surface area contributed by atoms with Crippen molar-refractivity contribution in [2.45, 2.75) is 19.4 Å². The van der Waals surface area contributed by atoms with E-state index in [4.69, 9.17) is 25.8 Å². The molecule has 1 heterocycles. The average Bonchev–Trinajstić information content (AvgIpc) is 3.44. The summed E-state index contributed by atoms with van der Waals surface area (Å²) in [6.07, 6.45) is 1.23. The summed E-state index contributed by atoms with van der Waals surface area (Å²) < 4.78 is 15.9. The molecule has 0 fully saturated rings. The molecule has 3 aromatic rings. The van der Waals surface area contributed by atoms with Gasteiger partial charge in [0.25, 0.3) is 0 Å². The van der Waals surface area contributed by atoms with E-state index in [1.165, 1.54) is 4.90 Å². The Bertz CT molecular complexity index is 1160. The first-order chi connectivity index (χ1) is 18.4. The van der Waals surface area contributed by atoms with E-state index in [1.807, 2.05) is 35.7 Å². The van der Waals surface area contributed by atoms with Gasteiger partial charge in [-0.15, -0.1) is 11.3 Å². The molecule has 0 aliphatic heterocycles. The molecule has 1 N–H and O–H groups in total. The van der Waals surface area contributed by atoms with Gasteiger partial charge in [-0.25, -0.2) is 4.79 Å². The molecule has 0 unspecified atom stereocenters. The predicted molar refractivity (Wildman–Crippen MR) is 152 cm³/mol. The number of nitrogens with zero attached hydrogens (tertiary/aromatic N) is 2. The minimum absolute atomic E-state index is 0.0551. The first-order valence-electron chi connectivity index (χ1n) is 12.2. The summed E-state index contributed by atoms with van der Waals surface area (Å²) in [5, 5.41) is 5.43. The molecule has 3 rings (SSSR count). The molecule has 2 aromatic carbocycles. The zero-order valence-electron chi connectivity index (χ0n) is 21.9. The maximum atomic E-state index is 13.6. The summed E-state index contributed by atoms with van der Waals surface area (Å²) in [4.78, 5) is 31.1. The SMILES string of the molecule is COCCCN(CC(=O)N(CCc1ccc(OC)c(OC)c1)Cc1cccs1)C(=O)Nc1ccc(Cl)cc1. The molecular weight excluding hydrogens is 526 g/mol. The van der Waals surface area contributed by atoms with Crippen molar-refractivity contribution >= 4 is 40.6 Å². The van der Waals surface area contributed by atoms with E-state index in [1.54, 1.807) is 61.8 Å². The molecule has 38 heavy (non-hydrogen) atoms. The predicted octanol–water partition coefficient (Wildman–Crippen LogP) is 5.56. The van der Waals surface area contributed by atoms with Gasteiger partial charge in [-0.05, 0) is 66.2 Å². The highest BCUT2D eigenvalue weighted by Gasteiger charge is 2.22.